The summed E-state index contributed by atoms with van der Waals surface area (Å²) in [5.74, 6) is 0.334. The third kappa shape index (κ3) is 2.29. The van der Waals surface area contributed by atoms with Gasteiger partial charge in [-0.05, 0) is 30.5 Å². The summed E-state index contributed by atoms with van der Waals surface area (Å²) in [5, 5.41) is 0. The van der Waals surface area contributed by atoms with Crippen LogP contribution in [0.15, 0.2) is 24.3 Å². The number of aryl methyl sites for hydroxylation is 1. The van der Waals surface area contributed by atoms with E-state index in [1.54, 1.807) is 0 Å². The largest absolute Gasteiger partial charge is 0.330 e. The quantitative estimate of drug-likeness (QED) is 0.738. The van der Waals surface area contributed by atoms with Crippen molar-refractivity contribution in [2.45, 2.75) is 19.9 Å². The van der Waals surface area contributed by atoms with Crippen LogP contribution < -0.4 is 11.5 Å². The van der Waals surface area contributed by atoms with Crippen molar-refractivity contribution in [3.8, 4) is 0 Å². The van der Waals surface area contributed by atoms with Crippen LogP contribution in [0.2, 0.25) is 0 Å². The molecule has 0 radical (unpaired) electrons. The zero-order valence-corrected chi connectivity index (χ0v) is 8.33. The molecule has 0 spiro atoms. The Balaban J connectivity index is 2.88. The van der Waals surface area contributed by atoms with Crippen LogP contribution in [0, 0.1) is 12.8 Å². The summed E-state index contributed by atoms with van der Waals surface area (Å²) in [4.78, 5) is 0. The molecule has 13 heavy (non-hydrogen) atoms. The van der Waals surface area contributed by atoms with Crippen molar-refractivity contribution in [3.63, 3.8) is 0 Å². The van der Waals surface area contributed by atoms with E-state index < -0.39 is 0 Å². The second-order valence-corrected chi connectivity index (χ2v) is 3.60. The molecule has 0 amide bonds. The van der Waals surface area contributed by atoms with Gasteiger partial charge < -0.3 is 11.5 Å². The molecule has 2 heteroatoms. The molecular weight excluding hydrogens is 160 g/mol. The molecule has 4 N–H and O–H groups in total. The molecule has 2 nitrogen and oxygen atoms in total. The predicted molar refractivity (Wildman–Crippen MR) is 56.3 cm³/mol. The predicted octanol–water partition coefficient (Wildman–Crippen LogP) is 1.59. The average molecular weight is 178 g/mol. The SMILES string of the molecule is Cc1ccccc1C(N)C(C)CN. The monoisotopic (exact) mass is 178 g/mol. The van der Waals surface area contributed by atoms with Gasteiger partial charge in [0.2, 0.25) is 0 Å². The van der Waals surface area contributed by atoms with Crippen molar-refractivity contribution < 1.29 is 0 Å². The first-order valence-corrected chi connectivity index (χ1v) is 4.68. The Morgan fingerprint density at radius 2 is 1.92 bits per heavy atom. The van der Waals surface area contributed by atoms with Gasteiger partial charge in [-0.1, -0.05) is 31.2 Å². The molecule has 72 valence electrons. The van der Waals surface area contributed by atoms with Crippen molar-refractivity contribution >= 4 is 0 Å². The molecule has 1 rings (SSSR count). The number of nitrogens with two attached hydrogens (primary N) is 2. The van der Waals surface area contributed by atoms with E-state index in [9.17, 15) is 0 Å². The van der Waals surface area contributed by atoms with Gasteiger partial charge in [0, 0.05) is 6.04 Å². The fraction of sp³-hybridized carbons (Fsp3) is 0.455. The Bertz CT molecular complexity index is 271. The van der Waals surface area contributed by atoms with Crippen LogP contribution in [-0.2, 0) is 0 Å². The van der Waals surface area contributed by atoms with Gasteiger partial charge in [-0.2, -0.15) is 0 Å². The van der Waals surface area contributed by atoms with Crippen LogP contribution in [-0.4, -0.2) is 6.54 Å². The van der Waals surface area contributed by atoms with Crippen LogP contribution in [0.1, 0.15) is 24.1 Å². The highest BCUT2D eigenvalue weighted by Crippen LogP contribution is 2.21. The minimum Gasteiger partial charge on any atom is -0.330 e. The summed E-state index contributed by atoms with van der Waals surface area (Å²) in [6.07, 6.45) is 0. The summed E-state index contributed by atoms with van der Waals surface area (Å²) in [5.41, 5.74) is 14.1. The fourth-order valence-corrected chi connectivity index (χ4v) is 1.41. The molecule has 0 heterocycles. The van der Waals surface area contributed by atoms with Crippen LogP contribution in [0.4, 0.5) is 0 Å². The van der Waals surface area contributed by atoms with E-state index in [0.717, 1.165) is 0 Å². The molecule has 2 unspecified atom stereocenters. The van der Waals surface area contributed by atoms with Gasteiger partial charge in [-0.3, -0.25) is 0 Å². The molecule has 2 atom stereocenters. The molecule has 0 aliphatic carbocycles. The number of benzene rings is 1. The fourth-order valence-electron chi connectivity index (χ4n) is 1.41. The third-order valence-electron chi connectivity index (χ3n) is 2.53. The van der Waals surface area contributed by atoms with E-state index in [1.807, 2.05) is 12.1 Å². The first kappa shape index (κ1) is 10.2. The van der Waals surface area contributed by atoms with E-state index in [-0.39, 0.29) is 6.04 Å². The van der Waals surface area contributed by atoms with Crippen molar-refractivity contribution in [1.82, 2.24) is 0 Å². The average Bonchev–Trinajstić information content (AvgIpc) is 2.16. The second-order valence-electron chi connectivity index (χ2n) is 3.60. The minimum atomic E-state index is 0.0613. The third-order valence-corrected chi connectivity index (χ3v) is 2.53. The number of hydrogen-bond acceptors (Lipinski definition) is 2. The van der Waals surface area contributed by atoms with E-state index in [1.165, 1.54) is 11.1 Å². The van der Waals surface area contributed by atoms with Gasteiger partial charge in [0.15, 0.2) is 0 Å². The summed E-state index contributed by atoms with van der Waals surface area (Å²) in [6.45, 7) is 4.80. The van der Waals surface area contributed by atoms with Crippen molar-refractivity contribution in [2.24, 2.45) is 17.4 Å². The maximum atomic E-state index is 6.07. The van der Waals surface area contributed by atoms with Gasteiger partial charge >= 0.3 is 0 Å². The van der Waals surface area contributed by atoms with Crippen LogP contribution in [0.5, 0.6) is 0 Å². The molecule has 1 aromatic rings. The van der Waals surface area contributed by atoms with Crippen LogP contribution in [0.3, 0.4) is 0 Å². The first-order valence-electron chi connectivity index (χ1n) is 4.68. The lowest BCUT2D eigenvalue weighted by molar-refractivity contribution is 0.479. The normalized spacial score (nSPS) is 15.4. The Labute approximate surface area is 79.9 Å². The lowest BCUT2D eigenvalue weighted by Gasteiger charge is -2.20. The molecule has 0 aliphatic rings. The van der Waals surface area contributed by atoms with Crippen molar-refractivity contribution in [3.05, 3.63) is 35.4 Å². The molecule has 0 saturated heterocycles. The standard InChI is InChI=1S/C11H18N2/c1-8-5-3-4-6-10(8)11(13)9(2)7-12/h3-6,9,11H,7,12-13H2,1-2H3. The summed E-state index contributed by atoms with van der Waals surface area (Å²) < 4.78 is 0. The van der Waals surface area contributed by atoms with Gasteiger partial charge in [-0.25, -0.2) is 0 Å². The molecule has 0 fully saturated rings. The van der Waals surface area contributed by atoms with E-state index >= 15 is 0 Å². The second kappa shape index (κ2) is 4.40. The lowest BCUT2D eigenvalue weighted by atomic mass is 9.92. The van der Waals surface area contributed by atoms with Gasteiger partial charge in [-0.15, -0.1) is 0 Å². The molecule has 0 aromatic heterocycles. The lowest BCUT2D eigenvalue weighted by Crippen LogP contribution is -2.26. The Hall–Kier alpha value is -0.860. The van der Waals surface area contributed by atoms with E-state index in [2.05, 4.69) is 26.0 Å². The highest BCUT2D eigenvalue weighted by atomic mass is 14.7. The maximum absolute atomic E-state index is 6.07. The summed E-state index contributed by atoms with van der Waals surface area (Å²) >= 11 is 0. The van der Waals surface area contributed by atoms with Crippen molar-refractivity contribution in [2.75, 3.05) is 6.54 Å². The first-order chi connectivity index (χ1) is 6.16. The number of hydrogen-bond donors (Lipinski definition) is 2. The van der Waals surface area contributed by atoms with Gasteiger partial charge in [0.1, 0.15) is 0 Å². The van der Waals surface area contributed by atoms with Gasteiger partial charge in [0.05, 0.1) is 0 Å². The topological polar surface area (TPSA) is 52.0 Å². The molecule has 1 aromatic carbocycles. The van der Waals surface area contributed by atoms with Gasteiger partial charge in [0.25, 0.3) is 0 Å². The van der Waals surface area contributed by atoms with Crippen LogP contribution >= 0.6 is 0 Å². The Morgan fingerprint density at radius 3 is 2.46 bits per heavy atom. The number of rotatable bonds is 3. The van der Waals surface area contributed by atoms with Crippen LogP contribution in [0.25, 0.3) is 0 Å². The zero-order valence-electron chi connectivity index (χ0n) is 8.33. The smallest absolute Gasteiger partial charge is 0.0335 e. The molecule has 0 aliphatic heterocycles. The summed E-state index contributed by atoms with van der Waals surface area (Å²) in [7, 11) is 0. The molecule has 0 bridgehead atoms. The zero-order chi connectivity index (χ0) is 9.84. The van der Waals surface area contributed by atoms with Crippen molar-refractivity contribution in [1.29, 1.82) is 0 Å². The van der Waals surface area contributed by atoms with E-state index in [4.69, 9.17) is 11.5 Å². The minimum absolute atomic E-state index is 0.0613. The highest BCUT2D eigenvalue weighted by molar-refractivity contribution is 5.28. The molecule has 0 saturated carbocycles. The molecular formula is C11H18N2. The Morgan fingerprint density at radius 1 is 1.31 bits per heavy atom. The Kier molecular flexibility index (Phi) is 3.46. The van der Waals surface area contributed by atoms with E-state index in [0.29, 0.717) is 12.5 Å². The maximum Gasteiger partial charge on any atom is 0.0335 e. The highest BCUT2D eigenvalue weighted by Gasteiger charge is 2.14. The summed E-state index contributed by atoms with van der Waals surface area (Å²) in [6, 6.07) is 8.26.